The number of carbonyl (C=O) groups excluding carboxylic acids is 2. The van der Waals surface area contributed by atoms with Gasteiger partial charge in [0, 0.05) is 39.8 Å². The second-order valence-corrected chi connectivity index (χ2v) is 7.76. The van der Waals surface area contributed by atoms with E-state index >= 15 is 0 Å². The molecular formula is C22H32N4O2. The molecule has 1 fully saturated rings. The quantitative estimate of drug-likeness (QED) is 0.723. The SMILES string of the molecule is C=CCNC(=O)CN1CCN(CC(=O)N(C)C2CCCc3ccccc32)CC1. The predicted octanol–water partition coefficient (Wildman–Crippen LogP) is 1.44. The molecule has 0 spiro atoms. The number of aryl methyl sites for hydroxylation is 1. The van der Waals surface area contributed by atoms with E-state index in [1.54, 1.807) is 6.08 Å². The molecule has 3 rings (SSSR count). The molecule has 1 aliphatic heterocycles. The Morgan fingerprint density at radius 1 is 1.18 bits per heavy atom. The van der Waals surface area contributed by atoms with Crippen molar-refractivity contribution < 1.29 is 9.59 Å². The molecule has 6 nitrogen and oxygen atoms in total. The van der Waals surface area contributed by atoms with Crippen LogP contribution in [0.4, 0.5) is 0 Å². The number of fused-ring (bicyclic) bond motifs is 1. The van der Waals surface area contributed by atoms with Gasteiger partial charge in [-0.2, -0.15) is 0 Å². The van der Waals surface area contributed by atoms with E-state index in [0.29, 0.717) is 19.6 Å². The first-order valence-electron chi connectivity index (χ1n) is 10.2. The summed E-state index contributed by atoms with van der Waals surface area (Å²) in [7, 11) is 1.94. The highest BCUT2D eigenvalue weighted by Crippen LogP contribution is 2.33. The Labute approximate surface area is 168 Å². The first-order chi connectivity index (χ1) is 13.6. The van der Waals surface area contributed by atoms with Gasteiger partial charge in [-0.25, -0.2) is 0 Å². The lowest BCUT2D eigenvalue weighted by atomic mass is 9.87. The standard InChI is InChI=1S/C22H32N4O2/c1-3-11-23-21(27)16-25-12-14-26(15-13-25)17-22(28)24(2)20-10-6-8-18-7-4-5-9-19(18)20/h3-5,7,9,20H,1,6,8,10-17H2,2H3,(H,23,27). The van der Waals surface area contributed by atoms with E-state index in [-0.39, 0.29) is 17.9 Å². The van der Waals surface area contributed by atoms with Gasteiger partial charge >= 0.3 is 0 Å². The van der Waals surface area contributed by atoms with E-state index in [1.807, 2.05) is 11.9 Å². The molecule has 0 bridgehead atoms. The van der Waals surface area contributed by atoms with Gasteiger partial charge in [0.1, 0.15) is 0 Å². The van der Waals surface area contributed by atoms with Crippen molar-refractivity contribution in [1.82, 2.24) is 20.0 Å². The Balaban J connectivity index is 1.47. The molecule has 1 atom stereocenters. The minimum Gasteiger partial charge on any atom is -0.352 e. The van der Waals surface area contributed by atoms with Gasteiger partial charge in [0.05, 0.1) is 19.1 Å². The Kier molecular flexibility index (Phi) is 7.23. The van der Waals surface area contributed by atoms with Crippen LogP contribution in [-0.4, -0.2) is 79.4 Å². The van der Waals surface area contributed by atoms with Crippen molar-refractivity contribution in [1.29, 1.82) is 0 Å². The van der Waals surface area contributed by atoms with E-state index in [2.05, 4.69) is 46.0 Å². The zero-order valence-electron chi connectivity index (χ0n) is 16.9. The summed E-state index contributed by atoms with van der Waals surface area (Å²) < 4.78 is 0. The molecular weight excluding hydrogens is 352 g/mol. The van der Waals surface area contributed by atoms with Gasteiger partial charge in [-0.1, -0.05) is 30.3 Å². The van der Waals surface area contributed by atoms with Crippen molar-refractivity contribution in [3.63, 3.8) is 0 Å². The number of nitrogens with one attached hydrogen (secondary N) is 1. The van der Waals surface area contributed by atoms with E-state index in [9.17, 15) is 9.59 Å². The third-order valence-electron chi connectivity index (χ3n) is 5.83. The van der Waals surface area contributed by atoms with Crippen molar-refractivity contribution in [2.75, 3.05) is 52.9 Å². The minimum atomic E-state index is 0.0279. The summed E-state index contributed by atoms with van der Waals surface area (Å²) in [5, 5.41) is 2.81. The Bertz CT molecular complexity index is 698. The molecule has 0 radical (unpaired) electrons. The molecule has 1 saturated heterocycles. The van der Waals surface area contributed by atoms with Gasteiger partial charge in [0.25, 0.3) is 0 Å². The Morgan fingerprint density at radius 3 is 2.57 bits per heavy atom. The van der Waals surface area contributed by atoms with Gasteiger partial charge in [0.15, 0.2) is 0 Å². The van der Waals surface area contributed by atoms with Crippen LogP contribution in [-0.2, 0) is 16.0 Å². The number of benzene rings is 1. The molecule has 1 aromatic carbocycles. The van der Waals surface area contributed by atoms with Crippen LogP contribution in [0.3, 0.4) is 0 Å². The molecule has 0 saturated carbocycles. The third kappa shape index (κ3) is 5.20. The zero-order valence-corrected chi connectivity index (χ0v) is 16.9. The number of hydrogen-bond acceptors (Lipinski definition) is 4. The van der Waals surface area contributed by atoms with Crippen molar-refractivity contribution in [3.05, 3.63) is 48.0 Å². The number of hydrogen-bond donors (Lipinski definition) is 1. The van der Waals surface area contributed by atoms with Crippen LogP contribution in [0.5, 0.6) is 0 Å². The first kappa shape index (κ1) is 20.6. The average Bonchev–Trinajstić information content (AvgIpc) is 2.72. The molecule has 1 aliphatic carbocycles. The van der Waals surface area contributed by atoms with Crippen LogP contribution < -0.4 is 5.32 Å². The monoisotopic (exact) mass is 384 g/mol. The van der Waals surface area contributed by atoms with Gasteiger partial charge in [-0.15, -0.1) is 6.58 Å². The van der Waals surface area contributed by atoms with E-state index < -0.39 is 0 Å². The lowest BCUT2D eigenvalue weighted by molar-refractivity contribution is -0.134. The van der Waals surface area contributed by atoms with Crippen LogP contribution >= 0.6 is 0 Å². The van der Waals surface area contributed by atoms with Gasteiger partial charge < -0.3 is 10.2 Å². The number of piperazine rings is 1. The summed E-state index contributed by atoms with van der Waals surface area (Å²) in [6, 6.07) is 8.69. The molecule has 6 heteroatoms. The maximum Gasteiger partial charge on any atom is 0.237 e. The number of carbonyl (C=O) groups is 2. The molecule has 1 unspecified atom stereocenters. The van der Waals surface area contributed by atoms with Crippen LogP contribution in [0.2, 0.25) is 0 Å². The Hall–Kier alpha value is -2.18. The van der Waals surface area contributed by atoms with Crippen LogP contribution in [0.15, 0.2) is 36.9 Å². The molecule has 152 valence electrons. The third-order valence-corrected chi connectivity index (χ3v) is 5.83. The number of likely N-dealkylation sites (N-methyl/N-ethyl adjacent to an activating group) is 1. The molecule has 1 heterocycles. The average molecular weight is 385 g/mol. The topological polar surface area (TPSA) is 55.9 Å². The van der Waals surface area contributed by atoms with Gasteiger partial charge in [-0.05, 0) is 30.4 Å². The summed E-state index contributed by atoms with van der Waals surface area (Å²) in [6.45, 7) is 8.22. The lowest BCUT2D eigenvalue weighted by Gasteiger charge is -2.37. The van der Waals surface area contributed by atoms with Crippen molar-refractivity contribution in [2.24, 2.45) is 0 Å². The maximum atomic E-state index is 12.9. The van der Waals surface area contributed by atoms with Crippen LogP contribution in [0.1, 0.15) is 30.0 Å². The summed E-state index contributed by atoms with van der Waals surface area (Å²) in [4.78, 5) is 31.0. The summed E-state index contributed by atoms with van der Waals surface area (Å²) in [5.41, 5.74) is 2.68. The Morgan fingerprint density at radius 2 is 1.86 bits per heavy atom. The van der Waals surface area contributed by atoms with Gasteiger partial charge in [0.2, 0.25) is 11.8 Å². The van der Waals surface area contributed by atoms with E-state index in [1.165, 1.54) is 11.1 Å². The van der Waals surface area contributed by atoms with E-state index in [4.69, 9.17) is 0 Å². The van der Waals surface area contributed by atoms with Crippen LogP contribution in [0, 0.1) is 0 Å². The highest BCUT2D eigenvalue weighted by Gasteiger charge is 2.28. The highest BCUT2D eigenvalue weighted by atomic mass is 16.2. The molecule has 2 amide bonds. The molecule has 28 heavy (non-hydrogen) atoms. The second-order valence-electron chi connectivity index (χ2n) is 7.76. The number of nitrogens with zero attached hydrogens (tertiary/aromatic N) is 3. The summed E-state index contributed by atoms with van der Waals surface area (Å²) >= 11 is 0. The number of rotatable bonds is 7. The molecule has 2 aliphatic rings. The predicted molar refractivity (Wildman–Crippen MR) is 111 cm³/mol. The van der Waals surface area contributed by atoms with Crippen LogP contribution in [0.25, 0.3) is 0 Å². The normalized spacial score (nSPS) is 20.2. The molecule has 1 aromatic rings. The van der Waals surface area contributed by atoms with E-state index in [0.717, 1.165) is 45.4 Å². The molecule has 0 aromatic heterocycles. The lowest BCUT2D eigenvalue weighted by Crippen LogP contribution is -2.52. The van der Waals surface area contributed by atoms with Gasteiger partial charge in [-0.3, -0.25) is 19.4 Å². The second kappa shape index (κ2) is 9.85. The summed E-state index contributed by atoms with van der Waals surface area (Å²) in [6.07, 6.45) is 4.96. The largest absolute Gasteiger partial charge is 0.352 e. The maximum absolute atomic E-state index is 12.9. The van der Waals surface area contributed by atoms with Crippen molar-refractivity contribution in [2.45, 2.75) is 25.3 Å². The van der Waals surface area contributed by atoms with Crippen molar-refractivity contribution in [3.8, 4) is 0 Å². The summed E-state index contributed by atoms with van der Waals surface area (Å²) in [5.74, 6) is 0.207. The highest BCUT2D eigenvalue weighted by molar-refractivity contribution is 5.79. The fraction of sp³-hybridized carbons (Fsp3) is 0.545. The fourth-order valence-corrected chi connectivity index (χ4v) is 4.16. The molecule has 1 N–H and O–H groups in total. The smallest absolute Gasteiger partial charge is 0.237 e. The van der Waals surface area contributed by atoms with Crippen molar-refractivity contribution >= 4 is 11.8 Å². The fourth-order valence-electron chi connectivity index (χ4n) is 4.16. The number of amides is 2. The minimum absolute atomic E-state index is 0.0279. The zero-order chi connectivity index (χ0) is 19.9. The first-order valence-corrected chi connectivity index (χ1v) is 10.2.